The van der Waals surface area contributed by atoms with Gasteiger partial charge >= 0.3 is 5.97 Å². The zero-order valence-electron chi connectivity index (χ0n) is 13.6. The molecule has 0 saturated carbocycles. The molecule has 0 amide bonds. The molecule has 1 fully saturated rings. The van der Waals surface area contributed by atoms with Gasteiger partial charge in [0.1, 0.15) is 18.1 Å². The molecular weight excluding hydrogens is 314 g/mol. The number of hydrogen-bond acceptors (Lipinski definition) is 7. The average Bonchev–Trinajstić information content (AvgIpc) is 3.30. The Balaban J connectivity index is 1.73. The van der Waals surface area contributed by atoms with Gasteiger partial charge in [0.2, 0.25) is 0 Å². The van der Waals surface area contributed by atoms with E-state index in [0.29, 0.717) is 29.4 Å². The van der Waals surface area contributed by atoms with Crippen LogP contribution in [0.3, 0.4) is 0 Å². The maximum atomic E-state index is 12.1. The molecule has 0 radical (unpaired) electrons. The molecule has 7 heteroatoms. The summed E-state index contributed by atoms with van der Waals surface area (Å²) in [5, 5.41) is 3.78. The van der Waals surface area contributed by atoms with Crippen LogP contribution in [0.2, 0.25) is 0 Å². The highest BCUT2D eigenvalue weighted by Crippen LogP contribution is 2.33. The van der Waals surface area contributed by atoms with E-state index in [1.807, 2.05) is 0 Å². The number of methoxy groups -OCH3 is 2. The first kappa shape index (κ1) is 16.3. The zero-order valence-corrected chi connectivity index (χ0v) is 13.6. The molecule has 2 heterocycles. The summed E-state index contributed by atoms with van der Waals surface area (Å²) in [5.41, 5.74) is 0.746. The van der Waals surface area contributed by atoms with Crippen molar-refractivity contribution in [1.82, 2.24) is 5.16 Å². The van der Waals surface area contributed by atoms with Gasteiger partial charge in [0.15, 0.2) is 11.5 Å². The SMILES string of the molecule is COc1ccc(OC)c(-c2cc(C(=O)OCC3CCCO3)no2)c1. The lowest BCUT2D eigenvalue weighted by Gasteiger charge is -2.08. The molecule has 1 aliphatic rings. The van der Waals surface area contributed by atoms with Crippen molar-refractivity contribution in [2.24, 2.45) is 0 Å². The van der Waals surface area contributed by atoms with E-state index in [9.17, 15) is 4.79 Å². The first-order chi connectivity index (χ1) is 11.7. The summed E-state index contributed by atoms with van der Waals surface area (Å²) < 4.78 is 26.4. The molecule has 3 rings (SSSR count). The van der Waals surface area contributed by atoms with Gasteiger partial charge in [0, 0.05) is 12.7 Å². The predicted molar refractivity (Wildman–Crippen MR) is 84.3 cm³/mol. The van der Waals surface area contributed by atoms with Gasteiger partial charge in [-0.25, -0.2) is 4.79 Å². The molecular formula is C17H19NO6. The number of ether oxygens (including phenoxy) is 4. The van der Waals surface area contributed by atoms with E-state index in [1.54, 1.807) is 32.4 Å². The molecule has 1 aromatic heterocycles. The zero-order chi connectivity index (χ0) is 16.9. The Morgan fingerprint density at radius 3 is 2.88 bits per heavy atom. The molecule has 7 nitrogen and oxygen atoms in total. The lowest BCUT2D eigenvalue weighted by molar-refractivity contribution is 0.0153. The van der Waals surface area contributed by atoms with E-state index in [-0.39, 0.29) is 18.4 Å². The monoisotopic (exact) mass is 333 g/mol. The molecule has 2 aromatic rings. The molecule has 0 bridgehead atoms. The average molecular weight is 333 g/mol. The minimum Gasteiger partial charge on any atom is -0.497 e. The van der Waals surface area contributed by atoms with Crippen LogP contribution in [0.1, 0.15) is 23.3 Å². The number of esters is 1. The van der Waals surface area contributed by atoms with Gasteiger partial charge in [-0.3, -0.25) is 0 Å². The van der Waals surface area contributed by atoms with Crippen LogP contribution in [0.15, 0.2) is 28.8 Å². The lowest BCUT2D eigenvalue weighted by Crippen LogP contribution is -2.17. The molecule has 0 N–H and O–H groups in total. The quantitative estimate of drug-likeness (QED) is 0.752. The van der Waals surface area contributed by atoms with Gasteiger partial charge in [0.05, 0.1) is 25.9 Å². The summed E-state index contributed by atoms with van der Waals surface area (Å²) in [4.78, 5) is 12.1. The van der Waals surface area contributed by atoms with E-state index >= 15 is 0 Å². The summed E-state index contributed by atoms with van der Waals surface area (Å²) >= 11 is 0. The van der Waals surface area contributed by atoms with Crippen molar-refractivity contribution in [1.29, 1.82) is 0 Å². The Kier molecular flexibility index (Phi) is 5.00. The molecule has 1 unspecified atom stereocenters. The van der Waals surface area contributed by atoms with Crippen LogP contribution in [-0.2, 0) is 9.47 Å². The van der Waals surface area contributed by atoms with Gasteiger partial charge < -0.3 is 23.5 Å². The van der Waals surface area contributed by atoms with Crippen LogP contribution in [-0.4, -0.2) is 44.7 Å². The van der Waals surface area contributed by atoms with Crippen LogP contribution in [0.5, 0.6) is 11.5 Å². The third-order valence-corrected chi connectivity index (χ3v) is 3.82. The molecule has 0 aliphatic carbocycles. The van der Waals surface area contributed by atoms with Crippen molar-refractivity contribution < 1.29 is 28.3 Å². The summed E-state index contributed by atoms with van der Waals surface area (Å²) in [5.74, 6) is 1.09. The number of rotatable bonds is 6. The molecule has 1 atom stereocenters. The van der Waals surface area contributed by atoms with Gasteiger partial charge in [-0.15, -0.1) is 0 Å². The maximum absolute atomic E-state index is 12.1. The number of aromatic nitrogens is 1. The van der Waals surface area contributed by atoms with Crippen LogP contribution in [0.25, 0.3) is 11.3 Å². The third-order valence-electron chi connectivity index (χ3n) is 3.82. The van der Waals surface area contributed by atoms with Crippen molar-refractivity contribution in [3.05, 3.63) is 30.0 Å². The van der Waals surface area contributed by atoms with Crippen molar-refractivity contribution in [3.63, 3.8) is 0 Å². The van der Waals surface area contributed by atoms with Crippen LogP contribution in [0, 0.1) is 0 Å². The second-order valence-corrected chi connectivity index (χ2v) is 5.38. The topological polar surface area (TPSA) is 80.0 Å². The number of hydrogen-bond donors (Lipinski definition) is 0. The van der Waals surface area contributed by atoms with Gasteiger partial charge in [-0.2, -0.15) is 0 Å². The highest BCUT2D eigenvalue weighted by atomic mass is 16.6. The fourth-order valence-electron chi connectivity index (χ4n) is 2.52. The second-order valence-electron chi connectivity index (χ2n) is 5.38. The second kappa shape index (κ2) is 7.35. The fourth-order valence-corrected chi connectivity index (χ4v) is 2.52. The highest BCUT2D eigenvalue weighted by Gasteiger charge is 2.21. The highest BCUT2D eigenvalue weighted by molar-refractivity contribution is 5.88. The van der Waals surface area contributed by atoms with E-state index in [2.05, 4.69) is 5.16 Å². The summed E-state index contributed by atoms with van der Waals surface area (Å²) in [6.45, 7) is 0.940. The fraction of sp³-hybridized carbons (Fsp3) is 0.412. The van der Waals surface area contributed by atoms with Crippen molar-refractivity contribution in [2.45, 2.75) is 18.9 Å². The molecule has 0 spiro atoms. The standard InChI is InChI=1S/C17H19NO6/c1-20-11-5-6-15(21-2)13(8-11)16-9-14(18-24-16)17(19)23-10-12-4-3-7-22-12/h5-6,8-9,12H,3-4,7,10H2,1-2H3. The lowest BCUT2D eigenvalue weighted by atomic mass is 10.1. The van der Waals surface area contributed by atoms with Gasteiger partial charge in [-0.05, 0) is 31.0 Å². The van der Waals surface area contributed by atoms with Gasteiger partial charge in [0.25, 0.3) is 0 Å². The van der Waals surface area contributed by atoms with E-state index in [0.717, 1.165) is 12.8 Å². The Morgan fingerprint density at radius 1 is 1.29 bits per heavy atom. The summed E-state index contributed by atoms with van der Waals surface area (Å²) in [6.07, 6.45) is 1.86. The number of nitrogens with zero attached hydrogens (tertiary/aromatic N) is 1. The smallest absolute Gasteiger partial charge is 0.360 e. The van der Waals surface area contributed by atoms with Crippen molar-refractivity contribution in [3.8, 4) is 22.8 Å². The van der Waals surface area contributed by atoms with Crippen LogP contribution < -0.4 is 9.47 Å². The first-order valence-electron chi connectivity index (χ1n) is 7.69. The Hall–Kier alpha value is -2.54. The molecule has 1 saturated heterocycles. The summed E-state index contributed by atoms with van der Waals surface area (Å²) in [7, 11) is 3.12. The minimum absolute atomic E-state index is 0.0289. The normalized spacial score (nSPS) is 16.8. The van der Waals surface area contributed by atoms with E-state index < -0.39 is 5.97 Å². The summed E-state index contributed by atoms with van der Waals surface area (Å²) in [6, 6.07) is 6.80. The third kappa shape index (κ3) is 3.51. The first-order valence-corrected chi connectivity index (χ1v) is 7.69. The van der Waals surface area contributed by atoms with Crippen molar-refractivity contribution in [2.75, 3.05) is 27.4 Å². The molecule has 1 aliphatic heterocycles. The van der Waals surface area contributed by atoms with E-state index in [1.165, 1.54) is 6.07 Å². The van der Waals surface area contributed by atoms with Gasteiger partial charge in [-0.1, -0.05) is 5.16 Å². The molecule has 128 valence electrons. The number of carbonyl (C=O) groups is 1. The molecule has 1 aromatic carbocycles. The maximum Gasteiger partial charge on any atom is 0.360 e. The van der Waals surface area contributed by atoms with Crippen LogP contribution in [0.4, 0.5) is 0 Å². The minimum atomic E-state index is -0.539. The van der Waals surface area contributed by atoms with Crippen molar-refractivity contribution >= 4 is 5.97 Å². The Labute approximate surface area is 139 Å². The number of benzene rings is 1. The van der Waals surface area contributed by atoms with Crippen LogP contribution >= 0.6 is 0 Å². The Morgan fingerprint density at radius 2 is 2.17 bits per heavy atom. The predicted octanol–water partition coefficient (Wildman–Crippen LogP) is 2.69. The molecule has 24 heavy (non-hydrogen) atoms. The number of carbonyl (C=O) groups excluding carboxylic acids is 1. The van der Waals surface area contributed by atoms with E-state index in [4.69, 9.17) is 23.5 Å². The largest absolute Gasteiger partial charge is 0.497 e. The Bertz CT molecular complexity index is 705.